The summed E-state index contributed by atoms with van der Waals surface area (Å²) in [5.41, 5.74) is 2.12. The molecule has 2 heterocycles. The first-order valence-corrected chi connectivity index (χ1v) is 7.97. The Kier molecular flexibility index (Phi) is 4.42. The first-order chi connectivity index (χ1) is 11.4. The molecular formula is C19H20O5. The molecule has 126 valence electrons. The summed E-state index contributed by atoms with van der Waals surface area (Å²) in [7, 11) is 0. The number of benzene rings is 1. The zero-order chi connectivity index (χ0) is 17.3. The summed E-state index contributed by atoms with van der Waals surface area (Å²) in [4.78, 5) is 22.9. The molecule has 0 spiro atoms. The van der Waals surface area contributed by atoms with E-state index in [2.05, 4.69) is 0 Å². The standard InChI is InChI=1S/C19H20O5/c1-11(2)6-19(21)22-10-12(3)15-8-14-7-13-4-5-18(20)24-16(13)9-17(14)23-15/h4-7,9,12,15H,8,10H2,1-3H3/t12?,15-/m1/s1. The highest BCUT2D eigenvalue weighted by Crippen LogP contribution is 2.35. The van der Waals surface area contributed by atoms with Crippen LogP contribution in [0, 0.1) is 5.92 Å². The van der Waals surface area contributed by atoms with Gasteiger partial charge in [-0.25, -0.2) is 9.59 Å². The van der Waals surface area contributed by atoms with Gasteiger partial charge in [0.1, 0.15) is 17.4 Å². The molecule has 1 aliphatic heterocycles. The molecule has 2 aromatic rings. The Morgan fingerprint density at radius 2 is 2.17 bits per heavy atom. The minimum atomic E-state index is -0.378. The summed E-state index contributed by atoms with van der Waals surface area (Å²) < 4.78 is 16.4. The SMILES string of the molecule is CC(C)=CC(=O)OCC(C)[C@H]1Cc2cc3ccc(=O)oc3cc2O1. The van der Waals surface area contributed by atoms with E-state index in [1.54, 1.807) is 12.1 Å². The second kappa shape index (κ2) is 6.51. The first kappa shape index (κ1) is 16.3. The molecule has 24 heavy (non-hydrogen) atoms. The van der Waals surface area contributed by atoms with Gasteiger partial charge in [0.2, 0.25) is 0 Å². The van der Waals surface area contributed by atoms with E-state index in [0.717, 1.165) is 28.7 Å². The van der Waals surface area contributed by atoms with Crippen LogP contribution in [0.5, 0.6) is 5.75 Å². The third-order valence-electron chi connectivity index (χ3n) is 4.03. The maximum Gasteiger partial charge on any atom is 0.336 e. The third kappa shape index (κ3) is 3.50. The predicted molar refractivity (Wildman–Crippen MR) is 90.2 cm³/mol. The second-order valence-electron chi connectivity index (χ2n) is 6.44. The van der Waals surface area contributed by atoms with Crippen LogP contribution in [0.1, 0.15) is 26.3 Å². The highest BCUT2D eigenvalue weighted by Gasteiger charge is 2.29. The average molecular weight is 328 g/mol. The maximum absolute atomic E-state index is 11.6. The predicted octanol–water partition coefficient (Wildman–Crippen LogP) is 3.24. The molecule has 0 fully saturated rings. The normalized spacial score (nSPS) is 17.0. The van der Waals surface area contributed by atoms with Crippen molar-refractivity contribution in [3.63, 3.8) is 0 Å². The zero-order valence-corrected chi connectivity index (χ0v) is 14.0. The van der Waals surface area contributed by atoms with E-state index < -0.39 is 0 Å². The van der Waals surface area contributed by atoms with E-state index in [-0.39, 0.29) is 23.6 Å². The average Bonchev–Trinajstić information content (AvgIpc) is 2.92. The van der Waals surface area contributed by atoms with Crippen molar-refractivity contribution in [2.45, 2.75) is 33.3 Å². The van der Waals surface area contributed by atoms with Crippen molar-refractivity contribution in [1.29, 1.82) is 0 Å². The molecule has 0 saturated carbocycles. The molecule has 0 amide bonds. The van der Waals surface area contributed by atoms with Gasteiger partial charge >= 0.3 is 11.6 Å². The van der Waals surface area contributed by atoms with Crippen molar-refractivity contribution >= 4 is 16.9 Å². The molecule has 1 aliphatic rings. The second-order valence-corrected chi connectivity index (χ2v) is 6.44. The van der Waals surface area contributed by atoms with Crippen LogP contribution in [0.2, 0.25) is 0 Å². The molecule has 0 aliphatic carbocycles. The Labute approximate surface area is 139 Å². The molecule has 0 bridgehead atoms. The summed E-state index contributed by atoms with van der Waals surface area (Å²) in [5.74, 6) is 0.455. The zero-order valence-electron chi connectivity index (χ0n) is 14.0. The van der Waals surface area contributed by atoms with Gasteiger partial charge < -0.3 is 13.9 Å². The summed E-state index contributed by atoms with van der Waals surface area (Å²) in [5, 5.41) is 0.875. The molecule has 3 rings (SSSR count). The first-order valence-electron chi connectivity index (χ1n) is 7.97. The number of fused-ring (bicyclic) bond motifs is 2. The van der Waals surface area contributed by atoms with Crippen LogP contribution < -0.4 is 10.4 Å². The molecular weight excluding hydrogens is 308 g/mol. The Balaban J connectivity index is 1.69. The number of esters is 1. The highest BCUT2D eigenvalue weighted by atomic mass is 16.5. The lowest BCUT2D eigenvalue weighted by molar-refractivity contribution is -0.139. The van der Waals surface area contributed by atoms with Gasteiger partial charge in [0.15, 0.2) is 0 Å². The van der Waals surface area contributed by atoms with E-state index >= 15 is 0 Å². The van der Waals surface area contributed by atoms with Crippen molar-refractivity contribution in [1.82, 2.24) is 0 Å². The smallest absolute Gasteiger partial charge is 0.336 e. The maximum atomic E-state index is 11.6. The summed E-state index contributed by atoms with van der Waals surface area (Å²) in [6.45, 7) is 6.00. The third-order valence-corrected chi connectivity index (χ3v) is 4.03. The minimum Gasteiger partial charge on any atom is -0.489 e. The summed E-state index contributed by atoms with van der Waals surface area (Å²) >= 11 is 0. The van der Waals surface area contributed by atoms with E-state index in [1.165, 1.54) is 12.1 Å². The lowest BCUT2D eigenvalue weighted by atomic mass is 10.00. The fourth-order valence-electron chi connectivity index (χ4n) is 2.75. The molecule has 2 atom stereocenters. The molecule has 0 radical (unpaired) electrons. The van der Waals surface area contributed by atoms with Gasteiger partial charge in [-0.2, -0.15) is 0 Å². The van der Waals surface area contributed by atoms with Gasteiger partial charge in [0.25, 0.3) is 0 Å². The van der Waals surface area contributed by atoms with E-state index in [1.807, 2.05) is 26.8 Å². The summed E-state index contributed by atoms with van der Waals surface area (Å²) in [6.07, 6.45) is 2.15. The van der Waals surface area contributed by atoms with Crippen molar-refractivity contribution in [2.24, 2.45) is 5.92 Å². The monoisotopic (exact) mass is 328 g/mol. The van der Waals surface area contributed by atoms with Gasteiger partial charge in [-0.15, -0.1) is 0 Å². The van der Waals surface area contributed by atoms with E-state index in [9.17, 15) is 9.59 Å². The minimum absolute atomic E-state index is 0.0574. The van der Waals surface area contributed by atoms with Crippen molar-refractivity contribution in [3.05, 3.63) is 51.9 Å². The van der Waals surface area contributed by atoms with Crippen LogP contribution >= 0.6 is 0 Å². The van der Waals surface area contributed by atoms with Gasteiger partial charge in [0.05, 0.1) is 6.61 Å². The molecule has 1 aromatic carbocycles. The molecule has 0 saturated heterocycles. The number of carbonyl (C=O) groups is 1. The Hall–Kier alpha value is -2.56. The van der Waals surface area contributed by atoms with Crippen molar-refractivity contribution < 1.29 is 18.7 Å². The number of ether oxygens (including phenoxy) is 2. The molecule has 1 unspecified atom stereocenters. The van der Waals surface area contributed by atoms with Crippen molar-refractivity contribution in [2.75, 3.05) is 6.61 Å². The van der Waals surface area contributed by atoms with Crippen molar-refractivity contribution in [3.8, 4) is 5.75 Å². The van der Waals surface area contributed by atoms with Crippen LogP contribution in [0.4, 0.5) is 0 Å². The van der Waals surface area contributed by atoms with Gasteiger partial charge in [0, 0.05) is 35.9 Å². The number of carbonyl (C=O) groups excluding carboxylic acids is 1. The summed E-state index contributed by atoms with van der Waals surface area (Å²) in [6, 6.07) is 6.90. The molecule has 5 nitrogen and oxygen atoms in total. The van der Waals surface area contributed by atoms with Crippen LogP contribution in [0.25, 0.3) is 11.0 Å². The molecule has 1 aromatic heterocycles. The van der Waals surface area contributed by atoms with Crippen LogP contribution in [-0.2, 0) is 16.0 Å². The number of hydrogen-bond acceptors (Lipinski definition) is 5. The Morgan fingerprint density at radius 3 is 2.92 bits per heavy atom. The number of hydrogen-bond donors (Lipinski definition) is 0. The number of rotatable bonds is 4. The fourth-order valence-corrected chi connectivity index (χ4v) is 2.75. The van der Waals surface area contributed by atoms with Gasteiger partial charge in [-0.3, -0.25) is 0 Å². The number of allylic oxidation sites excluding steroid dienone is 1. The van der Waals surface area contributed by atoms with Crippen LogP contribution in [-0.4, -0.2) is 18.7 Å². The Morgan fingerprint density at radius 1 is 1.38 bits per heavy atom. The van der Waals surface area contributed by atoms with E-state index in [0.29, 0.717) is 12.2 Å². The fraction of sp³-hybridized carbons (Fsp3) is 0.368. The lowest BCUT2D eigenvalue weighted by Gasteiger charge is -2.18. The van der Waals surface area contributed by atoms with Crippen LogP contribution in [0.15, 0.2) is 45.1 Å². The Bertz CT molecular complexity index is 858. The molecule has 0 N–H and O–H groups in total. The quantitative estimate of drug-likeness (QED) is 0.490. The van der Waals surface area contributed by atoms with Gasteiger partial charge in [-0.05, 0) is 31.5 Å². The topological polar surface area (TPSA) is 65.7 Å². The van der Waals surface area contributed by atoms with Crippen LogP contribution in [0.3, 0.4) is 0 Å². The molecule has 5 heteroatoms. The largest absolute Gasteiger partial charge is 0.489 e. The van der Waals surface area contributed by atoms with E-state index in [4.69, 9.17) is 13.9 Å². The highest BCUT2D eigenvalue weighted by molar-refractivity contribution is 5.82. The van der Waals surface area contributed by atoms with Gasteiger partial charge in [-0.1, -0.05) is 12.5 Å². The lowest BCUT2D eigenvalue weighted by Crippen LogP contribution is -2.27.